The van der Waals surface area contributed by atoms with Crippen molar-refractivity contribution >= 4 is 0 Å². The molecule has 4 heteroatoms. The van der Waals surface area contributed by atoms with Crippen molar-refractivity contribution in [2.75, 3.05) is 0 Å². The average molecular weight is 247 g/mol. The molecular formula is C14H18FN3. The standard InChI is InChI=1S/C14H18FN3/c1-3-18-8-7-16-14(18)10-17-11(2)12-5-4-6-13(15)9-12/h4-9,11,17H,3,10H2,1-2H3/t11-/m0/s1. The molecule has 1 aromatic heterocycles. The maximum atomic E-state index is 13.1. The lowest BCUT2D eigenvalue weighted by molar-refractivity contribution is 0.535. The van der Waals surface area contributed by atoms with Crippen LogP contribution in [0.25, 0.3) is 0 Å². The molecule has 0 amide bonds. The normalized spacial score (nSPS) is 12.6. The van der Waals surface area contributed by atoms with Crippen LogP contribution in [-0.2, 0) is 13.1 Å². The summed E-state index contributed by atoms with van der Waals surface area (Å²) in [6.45, 7) is 5.69. The number of aromatic nitrogens is 2. The van der Waals surface area contributed by atoms with Gasteiger partial charge in [-0.15, -0.1) is 0 Å². The van der Waals surface area contributed by atoms with Gasteiger partial charge >= 0.3 is 0 Å². The first-order valence-electron chi connectivity index (χ1n) is 6.19. The second-order valence-corrected chi connectivity index (χ2v) is 4.29. The minimum atomic E-state index is -0.198. The Morgan fingerprint density at radius 2 is 2.28 bits per heavy atom. The molecule has 2 rings (SSSR count). The molecule has 0 saturated heterocycles. The van der Waals surface area contributed by atoms with Gasteiger partial charge in [-0.1, -0.05) is 12.1 Å². The van der Waals surface area contributed by atoms with E-state index in [-0.39, 0.29) is 11.9 Å². The summed E-state index contributed by atoms with van der Waals surface area (Å²) in [5.74, 6) is 0.803. The lowest BCUT2D eigenvalue weighted by atomic mass is 10.1. The molecule has 0 aliphatic heterocycles. The molecule has 0 spiro atoms. The largest absolute Gasteiger partial charge is 0.334 e. The minimum Gasteiger partial charge on any atom is -0.334 e. The molecule has 1 atom stereocenters. The first kappa shape index (κ1) is 12.8. The first-order valence-corrected chi connectivity index (χ1v) is 6.19. The van der Waals surface area contributed by atoms with Gasteiger partial charge in [0.05, 0.1) is 6.54 Å². The average Bonchev–Trinajstić information content (AvgIpc) is 2.83. The molecule has 2 aromatic rings. The first-order chi connectivity index (χ1) is 8.70. The lowest BCUT2D eigenvalue weighted by Gasteiger charge is -2.14. The van der Waals surface area contributed by atoms with Crippen LogP contribution in [0, 0.1) is 5.82 Å². The highest BCUT2D eigenvalue weighted by Gasteiger charge is 2.07. The van der Waals surface area contributed by atoms with E-state index in [4.69, 9.17) is 0 Å². The predicted molar refractivity (Wildman–Crippen MR) is 69.6 cm³/mol. The summed E-state index contributed by atoms with van der Waals surface area (Å²) >= 11 is 0. The van der Waals surface area contributed by atoms with E-state index in [9.17, 15) is 4.39 Å². The molecule has 0 aliphatic rings. The molecule has 18 heavy (non-hydrogen) atoms. The third-order valence-electron chi connectivity index (χ3n) is 3.06. The van der Waals surface area contributed by atoms with Gasteiger partial charge in [0.15, 0.2) is 0 Å². The Balaban J connectivity index is 1.98. The Morgan fingerprint density at radius 1 is 1.44 bits per heavy atom. The third-order valence-corrected chi connectivity index (χ3v) is 3.06. The highest BCUT2D eigenvalue weighted by molar-refractivity contribution is 5.19. The highest BCUT2D eigenvalue weighted by Crippen LogP contribution is 2.14. The Bertz CT molecular complexity index is 507. The SMILES string of the molecule is CCn1ccnc1CN[C@@H](C)c1cccc(F)c1. The molecular weight excluding hydrogens is 229 g/mol. The quantitative estimate of drug-likeness (QED) is 0.880. The number of hydrogen-bond donors (Lipinski definition) is 1. The highest BCUT2D eigenvalue weighted by atomic mass is 19.1. The van der Waals surface area contributed by atoms with Crippen LogP contribution in [0.3, 0.4) is 0 Å². The Hall–Kier alpha value is -1.68. The van der Waals surface area contributed by atoms with Gasteiger partial charge in [-0.05, 0) is 31.5 Å². The summed E-state index contributed by atoms with van der Waals surface area (Å²) in [5, 5.41) is 3.35. The Kier molecular flexibility index (Phi) is 4.10. The molecule has 0 bridgehead atoms. The van der Waals surface area contributed by atoms with Crippen LogP contribution in [0.4, 0.5) is 4.39 Å². The van der Waals surface area contributed by atoms with Gasteiger partial charge < -0.3 is 9.88 Å². The summed E-state index contributed by atoms with van der Waals surface area (Å²) in [6, 6.07) is 6.77. The molecule has 0 aliphatic carbocycles. The fraction of sp³-hybridized carbons (Fsp3) is 0.357. The second kappa shape index (κ2) is 5.78. The molecule has 3 nitrogen and oxygen atoms in total. The molecule has 1 aromatic carbocycles. The van der Waals surface area contributed by atoms with E-state index in [1.165, 1.54) is 6.07 Å². The van der Waals surface area contributed by atoms with Crippen LogP contribution < -0.4 is 5.32 Å². The van der Waals surface area contributed by atoms with Gasteiger partial charge in [0.1, 0.15) is 11.6 Å². The number of nitrogens with one attached hydrogen (secondary N) is 1. The number of halogens is 1. The Labute approximate surface area is 107 Å². The Morgan fingerprint density at radius 3 is 3.00 bits per heavy atom. The number of benzene rings is 1. The number of aryl methyl sites for hydroxylation is 1. The monoisotopic (exact) mass is 247 g/mol. The van der Waals surface area contributed by atoms with Gasteiger partial charge in [-0.3, -0.25) is 0 Å². The summed E-state index contributed by atoms with van der Waals surface area (Å²) in [4.78, 5) is 4.30. The molecule has 1 N–H and O–H groups in total. The fourth-order valence-corrected chi connectivity index (χ4v) is 1.93. The van der Waals surface area contributed by atoms with Gasteiger partial charge in [-0.25, -0.2) is 9.37 Å². The van der Waals surface area contributed by atoms with E-state index in [2.05, 4.69) is 21.8 Å². The van der Waals surface area contributed by atoms with Gasteiger partial charge in [-0.2, -0.15) is 0 Å². The van der Waals surface area contributed by atoms with E-state index in [1.807, 2.05) is 19.2 Å². The van der Waals surface area contributed by atoms with Crippen molar-refractivity contribution in [2.45, 2.75) is 33.0 Å². The van der Waals surface area contributed by atoms with Crippen LogP contribution in [0.2, 0.25) is 0 Å². The van der Waals surface area contributed by atoms with E-state index in [0.717, 1.165) is 17.9 Å². The molecule has 0 fully saturated rings. The van der Waals surface area contributed by atoms with Crippen LogP contribution >= 0.6 is 0 Å². The van der Waals surface area contributed by atoms with Crippen molar-refractivity contribution in [1.29, 1.82) is 0 Å². The summed E-state index contributed by atoms with van der Waals surface area (Å²) < 4.78 is 15.2. The molecule has 0 saturated carbocycles. The fourth-order valence-electron chi connectivity index (χ4n) is 1.93. The minimum absolute atomic E-state index is 0.0997. The van der Waals surface area contributed by atoms with Crippen molar-refractivity contribution in [1.82, 2.24) is 14.9 Å². The zero-order chi connectivity index (χ0) is 13.0. The van der Waals surface area contributed by atoms with Gasteiger partial charge in [0.2, 0.25) is 0 Å². The topological polar surface area (TPSA) is 29.9 Å². The maximum Gasteiger partial charge on any atom is 0.123 e. The van der Waals surface area contributed by atoms with Crippen LogP contribution in [0.5, 0.6) is 0 Å². The van der Waals surface area contributed by atoms with Crippen molar-refractivity contribution in [3.8, 4) is 0 Å². The molecule has 1 heterocycles. The zero-order valence-corrected chi connectivity index (χ0v) is 10.7. The van der Waals surface area contributed by atoms with Crippen molar-refractivity contribution < 1.29 is 4.39 Å². The van der Waals surface area contributed by atoms with Crippen molar-refractivity contribution in [3.05, 3.63) is 53.9 Å². The number of rotatable bonds is 5. The van der Waals surface area contributed by atoms with E-state index in [1.54, 1.807) is 18.3 Å². The van der Waals surface area contributed by atoms with Crippen molar-refractivity contribution in [2.24, 2.45) is 0 Å². The number of nitrogens with zero attached hydrogens (tertiary/aromatic N) is 2. The summed E-state index contributed by atoms with van der Waals surface area (Å²) in [7, 11) is 0. The number of hydrogen-bond acceptors (Lipinski definition) is 2. The zero-order valence-electron chi connectivity index (χ0n) is 10.7. The smallest absolute Gasteiger partial charge is 0.123 e. The summed E-state index contributed by atoms with van der Waals surface area (Å²) in [5.41, 5.74) is 0.949. The molecule has 0 radical (unpaired) electrons. The van der Waals surface area contributed by atoms with Crippen molar-refractivity contribution in [3.63, 3.8) is 0 Å². The number of imidazole rings is 1. The van der Waals surface area contributed by atoms with E-state index in [0.29, 0.717) is 6.54 Å². The third kappa shape index (κ3) is 2.96. The molecule has 0 unspecified atom stereocenters. The van der Waals surface area contributed by atoms with Crippen LogP contribution in [-0.4, -0.2) is 9.55 Å². The maximum absolute atomic E-state index is 13.1. The predicted octanol–water partition coefficient (Wildman–Crippen LogP) is 2.89. The molecule has 96 valence electrons. The van der Waals surface area contributed by atoms with Gasteiger partial charge in [0, 0.05) is 25.0 Å². The summed E-state index contributed by atoms with van der Waals surface area (Å²) in [6.07, 6.45) is 3.76. The lowest BCUT2D eigenvalue weighted by Crippen LogP contribution is -2.20. The van der Waals surface area contributed by atoms with E-state index < -0.39 is 0 Å². The van der Waals surface area contributed by atoms with Crippen LogP contribution in [0.15, 0.2) is 36.7 Å². The van der Waals surface area contributed by atoms with Crippen LogP contribution in [0.1, 0.15) is 31.3 Å². The van der Waals surface area contributed by atoms with Gasteiger partial charge in [0.25, 0.3) is 0 Å². The van der Waals surface area contributed by atoms with E-state index >= 15 is 0 Å². The second-order valence-electron chi connectivity index (χ2n) is 4.29.